The lowest BCUT2D eigenvalue weighted by Crippen LogP contribution is -2.46. The van der Waals surface area contributed by atoms with Gasteiger partial charge in [-0.2, -0.15) is 5.10 Å². The van der Waals surface area contributed by atoms with Gasteiger partial charge in [0.2, 0.25) is 0 Å². The zero-order valence-electron chi connectivity index (χ0n) is 17.9. The average molecular weight is 496 g/mol. The van der Waals surface area contributed by atoms with Crippen molar-refractivity contribution in [3.05, 3.63) is 59.5 Å². The largest absolute Gasteiger partial charge is 0.485 e. The van der Waals surface area contributed by atoms with Crippen LogP contribution in [-0.2, 0) is 17.1 Å². The normalized spacial score (nSPS) is 23.3. The second-order valence-electron chi connectivity index (χ2n) is 8.20. The molecule has 33 heavy (non-hydrogen) atoms. The quantitative estimate of drug-likeness (QED) is 0.538. The number of aliphatic hydroxyl groups excluding tert-OH is 1. The number of halogens is 2. The molecule has 0 unspecified atom stereocenters. The van der Waals surface area contributed by atoms with Gasteiger partial charge in [0.15, 0.2) is 0 Å². The fourth-order valence-corrected chi connectivity index (χ4v) is 5.63. The van der Waals surface area contributed by atoms with Gasteiger partial charge in [-0.25, -0.2) is 22.8 Å². The molecule has 0 bridgehead atoms. The number of anilines is 1. The lowest BCUT2D eigenvalue weighted by molar-refractivity contribution is -0.0319. The maximum absolute atomic E-state index is 15.0. The Labute approximate surface area is 195 Å². The number of aliphatic hydroxyl groups is 1. The highest BCUT2D eigenvalue weighted by atomic mass is 35.5. The van der Waals surface area contributed by atoms with E-state index in [1.165, 1.54) is 12.3 Å². The van der Waals surface area contributed by atoms with E-state index in [4.69, 9.17) is 16.3 Å². The molecule has 1 saturated carbocycles. The molecule has 2 heterocycles. The summed E-state index contributed by atoms with van der Waals surface area (Å²) in [7, 11) is -2.48. The van der Waals surface area contributed by atoms with Crippen molar-refractivity contribution in [1.82, 2.24) is 19.7 Å². The van der Waals surface area contributed by atoms with Crippen LogP contribution in [0.3, 0.4) is 0 Å². The minimum Gasteiger partial charge on any atom is -0.485 e. The van der Waals surface area contributed by atoms with Crippen molar-refractivity contribution in [3.63, 3.8) is 0 Å². The Morgan fingerprint density at radius 2 is 2.09 bits per heavy atom. The third kappa shape index (κ3) is 4.80. The Hall–Kier alpha value is -2.76. The number of nitrogens with zero attached hydrogens (tertiary/aromatic N) is 4. The zero-order chi connectivity index (χ0) is 23.8. The highest BCUT2D eigenvalue weighted by Gasteiger charge is 2.44. The van der Waals surface area contributed by atoms with Crippen molar-refractivity contribution in [2.24, 2.45) is 7.05 Å². The molecular weight excluding hydrogens is 473 g/mol. The molecule has 3 aromatic rings. The highest BCUT2D eigenvalue weighted by molar-refractivity contribution is 7.92. The van der Waals surface area contributed by atoms with E-state index >= 15 is 0 Å². The van der Waals surface area contributed by atoms with Gasteiger partial charge < -0.3 is 9.84 Å². The number of aromatic nitrogens is 4. The Morgan fingerprint density at radius 1 is 1.30 bits per heavy atom. The molecule has 1 aromatic carbocycles. The van der Waals surface area contributed by atoms with Gasteiger partial charge in [0.05, 0.1) is 11.1 Å². The van der Waals surface area contributed by atoms with Gasteiger partial charge in [-0.3, -0.25) is 9.40 Å². The summed E-state index contributed by atoms with van der Waals surface area (Å²) in [5, 5.41) is 14.5. The van der Waals surface area contributed by atoms with E-state index in [9.17, 15) is 17.9 Å². The number of benzene rings is 1. The van der Waals surface area contributed by atoms with E-state index in [2.05, 4.69) is 19.8 Å². The maximum Gasteiger partial charge on any atom is 0.266 e. The van der Waals surface area contributed by atoms with Crippen LogP contribution < -0.4 is 9.46 Å². The predicted octanol–water partition coefficient (Wildman–Crippen LogP) is 3.27. The van der Waals surface area contributed by atoms with E-state index < -0.39 is 32.4 Å². The SMILES string of the molecule is Cn1nccc1[C@H]1CC[C@H](O)C[C@]1(C)Oc1cc(F)c(S(=O)(=O)Nc2ccncn2)cc1Cl. The number of rotatable bonds is 6. The van der Waals surface area contributed by atoms with Crippen LogP contribution in [-0.4, -0.2) is 45.0 Å². The summed E-state index contributed by atoms with van der Waals surface area (Å²) >= 11 is 6.34. The average Bonchev–Trinajstić information content (AvgIpc) is 3.16. The van der Waals surface area contributed by atoms with E-state index in [1.807, 2.05) is 20.0 Å². The minimum absolute atomic E-state index is 0.0106. The lowest BCUT2D eigenvalue weighted by Gasteiger charge is -2.43. The van der Waals surface area contributed by atoms with Crippen molar-refractivity contribution >= 4 is 27.4 Å². The summed E-state index contributed by atoms with van der Waals surface area (Å²) in [6, 6.07) is 5.16. The molecule has 12 heteroatoms. The summed E-state index contributed by atoms with van der Waals surface area (Å²) in [6.45, 7) is 1.82. The number of aryl methyl sites for hydroxylation is 1. The molecule has 3 atom stereocenters. The van der Waals surface area contributed by atoms with Gasteiger partial charge >= 0.3 is 0 Å². The molecule has 0 amide bonds. The second-order valence-corrected chi connectivity index (χ2v) is 10.3. The van der Waals surface area contributed by atoms with Gasteiger partial charge in [0.25, 0.3) is 10.0 Å². The Kier molecular flexibility index (Phi) is 6.30. The Balaban J connectivity index is 1.65. The molecular formula is C21H23ClFN5O4S. The minimum atomic E-state index is -4.30. The van der Waals surface area contributed by atoms with Crippen molar-refractivity contribution in [3.8, 4) is 5.75 Å². The molecule has 0 spiro atoms. The number of ether oxygens (including phenoxy) is 1. The van der Waals surface area contributed by atoms with Gasteiger partial charge in [0.1, 0.15) is 34.2 Å². The lowest BCUT2D eigenvalue weighted by atomic mass is 9.73. The van der Waals surface area contributed by atoms with E-state index in [0.717, 1.165) is 24.2 Å². The van der Waals surface area contributed by atoms with Crippen molar-refractivity contribution < 1.29 is 22.7 Å². The van der Waals surface area contributed by atoms with E-state index in [1.54, 1.807) is 10.9 Å². The van der Waals surface area contributed by atoms with Gasteiger partial charge in [-0.15, -0.1) is 0 Å². The fraction of sp³-hybridized carbons (Fsp3) is 0.381. The smallest absolute Gasteiger partial charge is 0.266 e. The number of nitrogens with one attached hydrogen (secondary N) is 1. The van der Waals surface area contributed by atoms with Crippen LogP contribution in [0.25, 0.3) is 0 Å². The maximum atomic E-state index is 15.0. The Bertz CT molecular complexity index is 1260. The number of sulfonamides is 1. The standard InChI is InChI=1S/C21H23ClFN5O4S/c1-21(11-13(29)3-4-14(21)17-5-8-26-28(17)2)32-18-10-16(23)19(9-15(18)22)33(30,31)27-20-6-7-24-12-25-20/h5-10,12-14,29H,3-4,11H2,1-2H3,(H,24,25,27)/t13-,14+,21-/m0/s1. The first kappa shape index (κ1) is 23.4. The topological polar surface area (TPSA) is 119 Å². The Morgan fingerprint density at radius 3 is 2.76 bits per heavy atom. The van der Waals surface area contributed by atoms with Crippen LogP contribution in [0.15, 0.2) is 47.9 Å². The summed E-state index contributed by atoms with van der Waals surface area (Å²) in [6.07, 6.45) is 5.10. The second kappa shape index (κ2) is 8.88. The van der Waals surface area contributed by atoms with Crippen LogP contribution in [0.2, 0.25) is 5.02 Å². The zero-order valence-corrected chi connectivity index (χ0v) is 19.5. The van der Waals surface area contributed by atoms with Gasteiger partial charge in [-0.1, -0.05) is 11.6 Å². The summed E-state index contributed by atoms with van der Waals surface area (Å²) < 4.78 is 50.4. The first-order chi connectivity index (χ1) is 15.6. The molecule has 1 aliphatic carbocycles. The molecule has 0 aliphatic heterocycles. The van der Waals surface area contributed by atoms with Crippen molar-refractivity contribution in [2.75, 3.05) is 4.72 Å². The van der Waals surface area contributed by atoms with Crippen LogP contribution in [0.4, 0.5) is 10.2 Å². The molecule has 1 aliphatic rings. The first-order valence-electron chi connectivity index (χ1n) is 10.2. The first-order valence-corrected chi connectivity index (χ1v) is 12.1. The van der Waals surface area contributed by atoms with Gasteiger partial charge in [0, 0.05) is 43.5 Å². The molecule has 0 radical (unpaired) electrons. The third-order valence-electron chi connectivity index (χ3n) is 5.82. The molecule has 1 fully saturated rings. The highest BCUT2D eigenvalue weighted by Crippen LogP contribution is 2.45. The van der Waals surface area contributed by atoms with E-state index in [0.29, 0.717) is 12.8 Å². The van der Waals surface area contributed by atoms with E-state index in [-0.39, 0.29) is 28.9 Å². The third-order valence-corrected chi connectivity index (χ3v) is 7.49. The number of hydrogen-bond acceptors (Lipinski definition) is 7. The van der Waals surface area contributed by atoms with Crippen LogP contribution in [0.1, 0.15) is 37.8 Å². The fourth-order valence-electron chi connectivity index (χ4n) is 4.27. The summed E-state index contributed by atoms with van der Waals surface area (Å²) in [5.74, 6) is -1.20. The molecule has 176 valence electrons. The predicted molar refractivity (Wildman–Crippen MR) is 119 cm³/mol. The van der Waals surface area contributed by atoms with Crippen molar-refractivity contribution in [2.45, 2.75) is 48.7 Å². The van der Waals surface area contributed by atoms with Crippen LogP contribution >= 0.6 is 11.6 Å². The molecule has 4 rings (SSSR count). The van der Waals surface area contributed by atoms with Gasteiger partial charge in [-0.05, 0) is 38.0 Å². The number of hydrogen-bond donors (Lipinski definition) is 2. The van der Waals surface area contributed by atoms with Crippen molar-refractivity contribution in [1.29, 1.82) is 0 Å². The molecule has 9 nitrogen and oxygen atoms in total. The van der Waals surface area contributed by atoms with Crippen LogP contribution in [0.5, 0.6) is 5.75 Å². The molecule has 0 saturated heterocycles. The molecule has 2 aromatic heterocycles. The monoisotopic (exact) mass is 495 g/mol. The summed E-state index contributed by atoms with van der Waals surface area (Å²) in [4.78, 5) is 6.84. The molecule has 2 N–H and O–H groups in total. The summed E-state index contributed by atoms with van der Waals surface area (Å²) in [5.41, 5.74) is -0.0181. The van der Waals surface area contributed by atoms with Crippen LogP contribution in [0, 0.1) is 5.82 Å².